The van der Waals surface area contributed by atoms with Crippen LogP contribution in [0, 0.1) is 5.82 Å². The number of rotatable bonds is 6. The number of halogens is 1. The highest BCUT2D eigenvalue weighted by Crippen LogP contribution is 2.17. The number of pyridine rings is 1. The number of hydrogen-bond donors (Lipinski definition) is 2. The Morgan fingerprint density at radius 1 is 1.36 bits per heavy atom. The summed E-state index contributed by atoms with van der Waals surface area (Å²) in [5, 5.41) is 2.68. The quantitative estimate of drug-likeness (QED) is 0.615. The predicted molar refractivity (Wildman–Crippen MR) is 92.3 cm³/mol. The van der Waals surface area contributed by atoms with Gasteiger partial charge in [-0.05, 0) is 35.9 Å². The summed E-state index contributed by atoms with van der Waals surface area (Å²) in [5.41, 5.74) is 6.49. The summed E-state index contributed by atoms with van der Waals surface area (Å²) >= 11 is 0. The third-order valence-corrected chi connectivity index (χ3v) is 3.35. The summed E-state index contributed by atoms with van der Waals surface area (Å²) in [6, 6.07) is 7.51. The van der Waals surface area contributed by atoms with Crippen LogP contribution in [0.15, 0.2) is 41.5 Å². The van der Waals surface area contributed by atoms with Gasteiger partial charge in [-0.3, -0.25) is 4.79 Å². The van der Waals surface area contributed by atoms with Gasteiger partial charge in [0.2, 0.25) is 0 Å². The van der Waals surface area contributed by atoms with Crippen molar-refractivity contribution < 1.29 is 18.7 Å². The van der Waals surface area contributed by atoms with Crippen molar-refractivity contribution in [3.63, 3.8) is 0 Å². The van der Waals surface area contributed by atoms with E-state index in [1.54, 1.807) is 18.2 Å². The summed E-state index contributed by atoms with van der Waals surface area (Å²) in [5.74, 6) is -0.245. The lowest BCUT2D eigenvalue weighted by atomic mass is 10.1. The minimum atomic E-state index is -0.404. The highest BCUT2D eigenvalue weighted by molar-refractivity contribution is 6.02. The Balaban J connectivity index is 2.03. The molecule has 0 spiro atoms. The van der Waals surface area contributed by atoms with Crippen molar-refractivity contribution in [2.45, 2.75) is 6.42 Å². The second-order valence-corrected chi connectivity index (χ2v) is 5.00. The Hall–Kier alpha value is -3.16. The summed E-state index contributed by atoms with van der Waals surface area (Å²) in [6.45, 7) is 0.178. The summed E-state index contributed by atoms with van der Waals surface area (Å²) in [6.07, 6.45) is 1.73. The number of nitrogens with zero attached hydrogens (tertiary/aromatic N) is 2. The number of methoxy groups -OCH3 is 1. The van der Waals surface area contributed by atoms with Crippen LogP contribution in [-0.4, -0.2) is 37.7 Å². The zero-order valence-electron chi connectivity index (χ0n) is 14.0. The zero-order valence-corrected chi connectivity index (χ0v) is 14.0. The van der Waals surface area contributed by atoms with E-state index in [1.807, 2.05) is 0 Å². The Morgan fingerprint density at radius 2 is 2.16 bits per heavy atom. The molecule has 0 atom stereocenters. The van der Waals surface area contributed by atoms with Crippen molar-refractivity contribution in [1.82, 2.24) is 4.98 Å². The molecule has 1 heterocycles. The number of anilines is 1. The molecule has 0 aliphatic heterocycles. The van der Waals surface area contributed by atoms with Gasteiger partial charge >= 0.3 is 0 Å². The number of carbonyl (C=O) groups is 1. The van der Waals surface area contributed by atoms with E-state index in [0.717, 1.165) is 0 Å². The average Bonchev–Trinajstić information content (AvgIpc) is 2.64. The van der Waals surface area contributed by atoms with Gasteiger partial charge in [-0.2, -0.15) is 0 Å². The molecule has 0 saturated heterocycles. The van der Waals surface area contributed by atoms with Crippen LogP contribution in [0.25, 0.3) is 0 Å². The van der Waals surface area contributed by atoms with E-state index >= 15 is 0 Å². The maximum atomic E-state index is 13.9. The lowest BCUT2D eigenvalue weighted by Crippen LogP contribution is -2.18. The number of amidine groups is 1. The highest BCUT2D eigenvalue weighted by atomic mass is 19.1. The lowest BCUT2D eigenvalue weighted by Gasteiger charge is -2.09. The van der Waals surface area contributed by atoms with Gasteiger partial charge in [0.25, 0.3) is 11.9 Å². The summed E-state index contributed by atoms with van der Waals surface area (Å²) in [4.78, 5) is 19.8. The molecule has 2 aromatic rings. The molecule has 0 radical (unpaired) electrons. The van der Waals surface area contributed by atoms with Crippen molar-refractivity contribution in [3.05, 3.63) is 53.6 Å². The Labute approximate surface area is 144 Å². The van der Waals surface area contributed by atoms with Gasteiger partial charge in [-0.1, -0.05) is 0 Å². The number of amides is 1. The van der Waals surface area contributed by atoms with E-state index in [2.05, 4.69) is 15.3 Å². The van der Waals surface area contributed by atoms with Crippen LogP contribution in [0.5, 0.6) is 5.75 Å². The number of carbonyl (C=O) groups excluding carboxylic acids is 1. The minimum Gasteiger partial charge on any atom is -0.495 e. The molecule has 0 fully saturated rings. The van der Waals surface area contributed by atoms with E-state index in [4.69, 9.17) is 15.2 Å². The molecule has 0 aliphatic rings. The van der Waals surface area contributed by atoms with E-state index in [0.29, 0.717) is 17.0 Å². The number of aliphatic imine (C=N–C) groups is 1. The Kier molecular flexibility index (Phi) is 6.27. The largest absolute Gasteiger partial charge is 0.495 e. The first-order chi connectivity index (χ1) is 12.0. The SMILES string of the molecule is C/N=C(/N)OCCc1cc(NC(=O)c2ccc(OC)cn2)ccc1F. The van der Waals surface area contributed by atoms with Crippen LogP contribution in [0.2, 0.25) is 0 Å². The first-order valence-corrected chi connectivity index (χ1v) is 7.48. The van der Waals surface area contributed by atoms with Crippen LogP contribution in [0.4, 0.5) is 10.1 Å². The average molecular weight is 346 g/mol. The highest BCUT2D eigenvalue weighted by Gasteiger charge is 2.10. The summed E-state index contributed by atoms with van der Waals surface area (Å²) in [7, 11) is 3.01. The molecule has 1 aromatic carbocycles. The molecule has 2 rings (SSSR count). The van der Waals surface area contributed by atoms with Gasteiger partial charge in [0.05, 0.1) is 19.9 Å². The molecular weight excluding hydrogens is 327 g/mol. The smallest absolute Gasteiger partial charge is 0.281 e. The molecule has 132 valence electrons. The lowest BCUT2D eigenvalue weighted by molar-refractivity contribution is 0.102. The van der Waals surface area contributed by atoms with E-state index < -0.39 is 11.7 Å². The molecule has 0 saturated carbocycles. The number of aromatic nitrogens is 1. The fourth-order valence-electron chi connectivity index (χ4n) is 2.00. The van der Waals surface area contributed by atoms with Gasteiger partial charge in [0.15, 0.2) is 0 Å². The molecule has 1 aromatic heterocycles. The van der Waals surface area contributed by atoms with Crippen molar-refractivity contribution in [3.8, 4) is 5.75 Å². The minimum absolute atomic E-state index is 0.0374. The predicted octanol–water partition coefficient (Wildman–Crippen LogP) is 1.99. The summed E-state index contributed by atoms with van der Waals surface area (Å²) < 4.78 is 24.0. The van der Waals surface area contributed by atoms with Gasteiger partial charge < -0.3 is 20.5 Å². The third kappa shape index (κ3) is 5.17. The number of hydrogen-bond acceptors (Lipinski definition) is 5. The number of nitrogens with one attached hydrogen (secondary N) is 1. The number of benzene rings is 1. The second kappa shape index (κ2) is 8.62. The molecule has 3 N–H and O–H groups in total. The number of nitrogens with two attached hydrogens (primary N) is 1. The first-order valence-electron chi connectivity index (χ1n) is 7.48. The van der Waals surface area contributed by atoms with Gasteiger partial charge in [0, 0.05) is 19.2 Å². The molecule has 0 unspecified atom stereocenters. The second-order valence-electron chi connectivity index (χ2n) is 5.00. The Morgan fingerprint density at radius 3 is 2.80 bits per heavy atom. The van der Waals surface area contributed by atoms with Gasteiger partial charge in [-0.15, -0.1) is 0 Å². The van der Waals surface area contributed by atoms with Crippen LogP contribution in [0.3, 0.4) is 0 Å². The van der Waals surface area contributed by atoms with Gasteiger partial charge in [-0.25, -0.2) is 14.4 Å². The van der Waals surface area contributed by atoms with Crippen LogP contribution in [0.1, 0.15) is 16.1 Å². The topological polar surface area (TPSA) is 98.8 Å². The maximum absolute atomic E-state index is 13.9. The fraction of sp³-hybridized carbons (Fsp3) is 0.235. The van der Waals surface area contributed by atoms with Crippen LogP contribution in [-0.2, 0) is 11.2 Å². The van der Waals surface area contributed by atoms with E-state index in [-0.39, 0.29) is 24.7 Å². The van der Waals surface area contributed by atoms with E-state index in [1.165, 1.54) is 32.5 Å². The fourth-order valence-corrected chi connectivity index (χ4v) is 2.00. The maximum Gasteiger partial charge on any atom is 0.281 e. The Bertz CT molecular complexity index is 763. The molecule has 0 aliphatic carbocycles. The zero-order chi connectivity index (χ0) is 18.2. The normalized spacial score (nSPS) is 11.1. The van der Waals surface area contributed by atoms with Crippen molar-refractivity contribution in [1.29, 1.82) is 0 Å². The van der Waals surface area contributed by atoms with E-state index in [9.17, 15) is 9.18 Å². The molecule has 1 amide bonds. The molecule has 0 bridgehead atoms. The van der Waals surface area contributed by atoms with Crippen LogP contribution >= 0.6 is 0 Å². The van der Waals surface area contributed by atoms with Crippen molar-refractivity contribution in [2.75, 3.05) is 26.1 Å². The molecule has 7 nitrogen and oxygen atoms in total. The molecular formula is C17H19FN4O3. The van der Waals surface area contributed by atoms with Crippen molar-refractivity contribution in [2.24, 2.45) is 10.7 Å². The van der Waals surface area contributed by atoms with Gasteiger partial charge in [0.1, 0.15) is 17.3 Å². The first kappa shape index (κ1) is 18.2. The van der Waals surface area contributed by atoms with Crippen LogP contribution < -0.4 is 15.8 Å². The molecule has 25 heavy (non-hydrogen) atoms. The third-order valence-electron chi connectivity index (χ3n) is 3.35. The monoisotopic (exact) mass is 346 g/mol. The standard InChI is InChI=1S/C17H19FN4O3/c1-20-17(19)25-8-7-11-9-12(3-5-14(11)18)22-16(23)15-6-4-13(24-2)10-21-15/h3-6,9-10H,7-8H2,1-2H3,(H2,19,20)(H,22,23). The molecule has 8 heteroatoms. The van der Waals surface area contributed by atoms with Crippen molar-refractivity contribution >= 4 is 17.6 Å². The number of ether oxygens (including phenoxy) is 2.